The standard InChI is InChI=1S/C29H21ClIN3O5/c1-2-38-27-14-18(12-21(16-32)29(35)33-25-11-10-22(30)15-26(25)34(36)37)13-24(31)28(27)39-17-20-8-5-7-19-6-3-4-9-23(19)20/h3-15H,2,17H2,1H3,(H,33,35). The summed E-state index contributed by atoms with van der Waals surface area (Å²) in [6.07, 6.45) is 1.39. The van der Waals surface area contributed by atoms with Gasteiger partial charge in [-0.25, -0.2) is 0 Å². The topological polar surface area (TPSA) is 114 Å². The third-order valence-electron chi connectivity index (χ3n) is 5.66. The Bertz CT molecular complexity index is 1640. The minimum absolute atomic E-state index is 0.0719. The molecule has 0 spiro atoms. The first kappa shape index (κ1) is 27.9. The van der Waals surface area contributed by atoms with Gasteiger partial charge in [-0.05, 0) is 81.8 Å². The average molecular weight is 654 g/mol. The van der Waals surface area contributed by atoms with Crippen molar-refractivity contribution in [1.82, 2.24) is 0 Å². The SMILES string of the molecule is CCOc1cc(C=C(C#N)C(=O)Nc2ccc(Cl)cc2[N+](=O)[O-])cc(I)c1OCc1cccc2ccccc12. The summed E-state index contributed by atoms with van der Waals surface area (Å²) in [5.41, 5.74) is 0.848. The molecule has 39 heavy (non-hydrogen) atoms. The number of nitrogens with one attached hydrogen (secondary N) is 1. The number of nitro benzene ring substituents is 1. The third-order valence-corrected chi connectivity index (χ3v) is 6.70. The van der Waals surface area contributed by atoms with Gasteiger partial charge in [-0.2, -0.15) is 5.26 Å². The minimum atomic E-state index is -0.799. The predicted molar refractivity (Wildman–Crippen MR) is 159 cm³/mol. The van der Waals surface area contributed by atoms with Gasteiger partial charge >= 0.3 is 0 Å². The number of hydrogen-bond donors (Lipinski definition) is 1. The number of carbonyl (C=O) groups is 1. The molecule has 0 fully saturated rings. The molecule has 0 aromatic heterocycles. The number of halogens is 2. The van der Waals surface area contributed by atoms with Gasteiger partial charge < -0.3 is 14.8 Å². The normalized spacial score (nSPS) is 11.1. The molecule has 10 heteroatoms. The van der Waals surface area contributed by atoms with Crippen LogP contribution in [0.3, 0.4) is 0 Å². The first-order valence-corrected chi connectivity index (χ1v) is 13.2. The number of anilines is 1. The number of hydrogen-bond acceptors (Lipinski definition) is 6. The molecule has 0 heterocycles. The maximum atomic E-state index is 12.8. The van der Waals surface area contributed by atoms with Crippen LogP contribution in [-0.4, -0.2) is 17.4 Å². The molecule has 0 aliphatic heterocycles. The molecule has 0 aliphatic rings. The number of rotatable bonds is 9. The summed E-state index contributed by atoms with van der Waals surface area (Å²) in [5.74, 6) is 0.205. The van der Waals surface area contributed by atoms with Gasteiger partial charge in [0, 0.05) is 11.1 Å². The molecule has 1 amide bonds. The van der Waals surface area contributed by atoms with E-state index >= 15 is 0 Å². The molecule has 0 bridgehead atoms. The Labute approximate surface area is 243 Å². The number of amides is 1. The Morgan fingerprint density at radius 2 is 1.90 bits per heavy atom. The average Bonchev–Trinajstić information content (AvgIpc) is 2.92. The molecule has 196 valence electrons. The smallest absolute Gasteiger partial charge is 0.294 e. The number of ether oxygens (including phenoxy) is 2. The molecule has 4 rings (SSSR count). The van der Waals surface area contributed by atoms with E-state index in [4.69, 9.17) is 21.1 Å². The first-order chi connectivity index (χ1) is 18.8. The van der Waals surface area contributed by atoms with Crippen molar-refractivity contribution in [2.24, 2.45) is 0 Å². The highest BCUT2D eigenvalue weighted by atomic mass is 127. The number of nitrogens with zero attached hydrogens (tertiary/aromatic N) is 2. The highest BCUT2D eigenvalue weighted by Gasteiger charge is 2.19. The van der Waals surface area contributed by atoms with Crippen LogP contribution in [0.2, 0.25) is 5.02 Å². The minimum Gasteiger partial charge on any atom is -0.490 e. The molecule has 0 radical (unpaired) electrons. The lowest BCUT2D eigenvalue weighted by atomic mass is 10.1. The summed E-state index contributed by atoms with van der Waals surface area (Å²) >= 11 is 7.96. The quantitative estimate of drug-likeness (QED) is 0.0657. The van der Waals surface area contributed by atoms with E-state index in [-0.39, 0.29) is 22.0 Å². The van der Waals surface area contributed by atoms with Crippen molar-refractivity contribution >= 4 is 68.3 Å². The third kappa shape index (κ3) is 6.66. The fraction of sp³-hybridized carbons (Fsp3) is 0.103. The molecule has 4 aromatic carbocycles. The zero-order valence-electron chi connectivity index (χ0n) is 20.6. The van der Waals surface area contributed by atoms with Crippen LogP contribution in [-0.2, 0) is 11.4 Å². The number of nitriles is 1. The van der Waals surface area contributed by atoms with E-state index in [0.717, 1.165) is 26.0 Å². The Morgan fingerprint density at radius 3 is 2.64 bits per heavy atom. The van der Waals surface area contributed by atoms with Gasteiger partial charge in [-0.3, -0.25) is 14.9 Å². The second-order valence-corrected chi connectivity index (χ2v) is 9.83. The molecule has 1 N–H and O–H groups in total. The van der Waals surface area contributed by atoms with E-state index in [0.29, 0.717) is 30.3 Å². The van der Waals surface area contributed by atoms with Crippen LogP contribution in [0.5, 0.6) is 11.5 Å². The van der Waals surface area contributed by atoms with Crippen LogP contribution in [0.4, 0.5) is 11.4 Å². The summed E-state index contributed by atoms with van der Waals surface area (Å²) in [7, 11) is 0. The molecule has 4 aromatic rings. The van der Waals surface area contributed by atoms with E-state index in [1.807, 2.05) is 55.5 Å². The van der Waals surface area contributed by atoms with Crippen molar-refractivity contribution in [3.63, 3.8) is 0 Å². The van der Waals surface area contributed by atoms with E-state index in [9.17, 15) is 20.2 Å². The van der Waals surface area contributed by atoms with Crippen LogP contribution < -0.4 is 14.8 Å². The van der Waals surface area contributed by atoms with Crippen LogP contribution >= 0.6 is 34.2 Å². The lowest BCUT2D eigenvalue weighted by molar-refractivity contribution is -0.383. The maximum Gasteiger partial charge on any atom is 0.294 e. The summed E-state index contributed by atoms with van der Waals surface area (Å²) < 4.78 is 12.7. The van der Waals surface area contributed by atoms with Gasteiger partial charge in [-0.15, -0.1) is 0 Å². The fourth-order valence-corrected chi connectivity index (χ4v) is 4.86. The Morgan fingerprint density at radius 1 is 1.13 bits per heavy atom. The lowest BCUT2D eigenvalue weighted by Gasteiger charge is -2.16. The first-order valence-electron chi connectivity index (χ1n) is 11.7. The second kappa shape index (κ2) is 12.6. The highest BCUT2D eigenvalue weighted by Crippen LogP contribution is 2.36. The van der Waals surface area contributed by atoms with Crippen molar-refractivity contribution in [3.8, 4) is 17.6 Å². The summed E-state index contributed by atoms with van der Waals surface area (Å²) in [5, 5.41) is 25.8. The Kier molecular flexibility index (Phi) is 9.01. The molecule has 0 saturated heterocycles. The molecule has 0 aliphatic carbocycles. The monoisotopic (exact) mass is 653 g/mol. The van der Waals surface area contributed by atoms with Crippen LogP contribution in [0.15, 0.2) is 78.4 Å². The van der Waals surface area contributed by atoms with Crippen LogP contribution in [0.25, 0.3) is 16.8 Å². The van der Waals surface area contributed by atoms with Crippen molar-refractivity contribution in [2.45, 2.75) is 13.5 Å². The maximum absolute atomic E-state index is 12.8. The largest absolute Gasteiger partial charge is 0.490 e. The van der Waals surface area contributed by atoms with Crippen molar-refractivity contribution in [2.75, 3.05) is 11.9 Å². The lowest BCUT2D eigenvalue weighted by Crippen LogP contribution is -2.14. The van der Waals surface area contributed by atoms with E-state index in [1.165, 1.54) is 18.2 Å². The molecular weight excluding hydrogens is 633 g/mol. The van der Waals surface area contributed by atoms with Crippen molar-refractivity contribution < 1.29 is 19.2 Å². The predicted octanol–water partition coefficient (Wildman–Crippen LogP) is 7.53. The van der Waals surface area contributed by atoms with E-state index in [2.05, 4.69) is 27.9 Å². The van der Waals surface area contributed by atoms with Crippen LogP contribution in [0.1, 0.15) is 18.1 Å². The fourth-order valence-electron chi connectivity index (χ4n) is 3.91. The molecule has 0 saturated carbocycles. The molecule has 0 atom stereocenters. The summed E-state index contributed by atoms with van der Waals surface area (Å²) in [6, 6.07) is 23.2. The number of carbonyl (C=O) groups excluding carboxylic acids is 1. The number of fused-ring (bicyclic) bond motifs is 1. The van der Waals surface area contributed by atoms with Gasteiger partial charge in [0.25, 0.3) is 11.6 Å². The summed E-state index contributed by atoms with van der Waals surface area (Å²) in [6.45, 7) is 2.54. The molecule has 0 unspecified atom stereocenters. The zero-order valence-corrected chi connectivity index (χ0v) is 23.5. The molecule has 8 nitrogen and oxygen atoms in total. The summed E-state index contributed by atoms with van der Waals surface area (Å²) in [4.78, 5) is 23.5. The number of nitro groups is 1. The molecular formula is C29H21ClIN3O5. The van der Waals surface area contributed by atoms with Gasteiger partial charge in [0.2, 0.25) is 0 Å². The van der Waals surface area contributed by atoms with Gasteiger partial charge in [0.05, 0.1) is 15.1 Å². The van der Waals surface area contributed by atoms with Crippen molar-refractivity contribution in [3.05, 3.63) is 108 Å². The van der Waals surface area contributed by atoms with E-state index in [1.54, 1.807) is 12.1 Å². The van der Waals surface area contributed by atoms with Crippen molar-refractivity contribution in [1.29, 1.82) is 5.26 Å². The zero-order chi connectivity index (χ0) is 27.9. The highest BCUT2D eigenvalue weighted by molar-refractivity contribution is 14.1. The number of benzene rings is 4. The van der Waals surface area contributed by atoms with Gasteiger partial charge in [0.15, 0.2) is 11.5 Å². The second-order valence-electron chi connectivity index (χ2n) is 8.23. The Hall–Kier alpha value is -4.14. The Balaban J connectivity index is 1.61. The van der Waals surface area contributed by atoms with Gasteiger partial charge in [0.1, 0.15) is 23.9 Å². The van der Waals surface area contributed by atoms with E-state index < -0.39 is 10.8 Å². The van der Waals surface area contributed by atoms with Gasteiger partial charge in [-0.1, -0.05) is 54.1 Å². The van der Waals surface area contributed by atoms with Crippen LogP contribution in [0, 0.1) is 25.0 Å².